The molecule has 0 aliphatic carbocycles. The summed E-state index contributed by atoms with van der Waals surface area (Å²) in [5.41, 5.74) is -0.240. The van der Waals surface area contributed by atoms with Crippen molar-refractivity contribution >= 4 is 10.0 Å². The number of hydrogen-bond donors (Lipinski definition) is 0. The molecule has 7 heteroatoms. The van der Waals surface area contributed by atoms with Gasteiger partial charge in [-0.3, -0.25) is 4.90 Å². The van der Waals surface area contributed by atoms with E-state index in [-0.39, 0.29) is 16.5 Å². The van der Waals surface area contributed by atoms with Crippen molar-refractivity contribution in [2.75, 3.05) is 26.2 Å². The predicted molar refractivity (Wildman–Crippen MR) is 74.5 cm³/mol. The Bertz CT molecular complexity index is 699. The van der Waals surface area contributed by atoms with Gasteiger partial charge in [0.2, 0.25) is 10.0 Å². The summed E-state index contributed by atoms with van der Waals surface area (Å²) >= 11 is 0. The van der Waals surface area contributed by atoms with Crippen LogP contribution in [-0.2, 0) is 10.0 Å². The lowest BCUT2D eigenvalue weighted by Crippen LogP contribution is -2.51. The average molecular weight is 309 g/mol. The van der Waals surface area contributed by atoms with Crippen molar-refractivity contribution in [3.63, 3.8) is 0 Å². The molecule has 1 aromatic carbocycles. The molecule has 0 amide bonds. The molecule has 0 aromatic heterocycles. The Labute approximate surface area is 123 Å². The van der Waals surface area contributed by atoms with Crippen LogP contribution in [0, 0.1) is 17.1 Å². The summed E-state index contributed by atoms with van der Waals surface area (Å²) in [5, 5.41) is 8.84. The van der Waals surface area contributed by atoms with Crippen molar-refractivity contribution in [1.29, 1.82) is 5.26 Å². The highest BCUT2D eigenvalue weighted by molar-refractivity contribution is 7.89. The zero-order chi connectivity index (χ0) is 15.0. The summed E-state index contributed by atoms with van der Waals surface area (Å²) in [6.45, 7) is 2.68. The molecule has 1 atom stereocenters. The molecule has 3 rings (SSSR count). The van der Waals surface area contributed by atoms with Crippen LogP contribution in [0.5, 0.6) is 0 Å². The molecule has 2 aliphatic heterocycles. The Morgan fingerprint density at radius 1 is 1.29 bits per heavy atom. The molecule has 0 N–H and O–H groups in total. The van der Waals surface area contributed by atoms with E-state index in [4.69, 9.17) is 5.26 Å². The number of piperazine rings is 1. The SMILES string of the molecule is N#Cc1cc(S(=O)(=O)N2CCN3CCC[C@H]3C2)ccc1F. The summed E-state index contributed by atoms with van der Waals surface area (Å²) in [5.74, 6) is -0.697. The Hall–Kier alpha value is -1.49. The second kappa shape index (κ2) is 5.37. The standard InChI is InChI=1S/C14H16FN3O2S/c15-14-4-3-13(8-11(14)9-16)21(19,20)18-7-6-17-5-1-2-12(17)10-18/h3-4,8,12H,1-2,5-7,10H2/t12-/m0/s1. The second-order valence-corrected chi connectivity index (χ2v) is 7.39. The number of fused-ring (bicyclic) bond motifs is 1. The monoisotopic (exact) mass is 309 g/mol. The van der Waals surface area contributed by atoms with Gasteiger partial charge in [-0.05, 0) is 37.6 Å². The van der Waals surface area contributed by atoms with Gasteiger partial charge in [0.15, 0.2) is 0 Å². The fraction of sp³-hybridized carbons (Fsp3) is 0.500. The van der Waals surface area contributed by atoms with Crippen molar-refractivity contribution < 1.29 is 12.8 Å². The first-order valence-corrected chi connectivity index (χ1v) is 8.40. The molecule has 0 bridgehead atoms. The van der Waals surface area contributed by atoms with Gasteiger partial charge in [0, 0.05) is 25.7 Å². The minimum absolute atomic E-state index is 0.00750. The van der Waals surface area contributed by atoms with Crippen molar-refractivity contribution in [3.05, 3.63) is 29.6 Å². The summed E-state index contributed by atoms with van der Waals surface area (Å²) in [7, 11) is -3.66. The van der Waals surface area contributed by atoms with Gasteiger partial charge in [-0.1, -0.05) is 0 Å². The van der Waals surface area contributed by atoms with E-state index in [1.54, 1.807) is 6.07 Å². The third-order valence-electron chi connectivity index (χ3n) is 4.25. The Morgan fingerprint density at radius 3 is 2.86 bits per heavy atom. The fourth-order valence-corrected chi connectivity index (χ4v) is 4.58. The lowest BCUT2D eigenvalue weighted by atomic mass is 10.2. The summed E-state index contributed by atoms with van der Waals surface area (Å²) in [6, 6.07) is 5.35. The molecule has 2 aliphatic rings. The molecule has 0 radical (unpaired) electrons. The van der Waals surface area contributed by atoms with Gasteiger partial charge in [-0.2, -0.15) is 9.57 Å². The minimum Gasteiger partial charge on any atom is -0.298 e. The molecule has 2 saturated heterocycles. The van der Waals surface area contributed by atoms with Crippen LogP contribution >= 0.6 is 0 Å². The molecule has 0 saturated carbocycles. The number of benzene rings is 1. The summed E-state index contributed by atoms with van der Waals surface area (Å²) in [6.07, 6.45) is 2.12. The first-order valence-electron chi connectivity index (χ1n) is 6.96. The van der Waals surface area contributed by atoms with E-state index in [0.717, 1.165) is 38.1 Å². The summed E-state index contributed by atoms with van der Waals surface area (Å²) in [4.78, 5) is 2.31. The number of hydrogen-bond acceptors (Lipinski definition) is 4. The van der Waals surface area contributed by atoms with Crippen LogP contribution in [0.25, 0.3) is 0 Å². The van der Waals surface area contributed by atoms with E-state index in [1.807, 2.05) is 0 Å². The number of rotatable bonds is 2. The van der Waals surface area contributed by atoms with Gasteiger partial charge < -0.3 is 0 Å². The predicted octanol–water partition coefficient (Wildman–Crippen LogP) is 1.17. The molecule has 5 nitrogen and oxygen atoms in total. The topological polar surface area (TPSA) is 64.4 Å². The number of nitriles is 1. The van der Waals surface area contributed by atoms with Crippen LogP contribution in [0.3, 0.4) is 0 Å². The minimum atomic E-state index is -3.66. The smallest absolute Gasteiger partial charge is 0.243 e. The van der Waals surface area contributed by atoms with E-state index >= 15 is 0 Å². The lowest BCUT2D eigenvalue weighted by molar-refractivity contribution is 0.158. The average Bonchev–Trinajstić information content (AvgIpc) is 2.94. The van der Waals surface area contributed by atoms with Crippen LogP contribution in [-0.4, -0.2) is 49.8 Å². The maximum atomic E-state index is 13.3. The number of sulfonamides is 1. The zero-order valence-electron chi connectivity index (χ0n) is 11.5. The van der Waals surface area contributed by atoms with Crippen molar-refractivity contribution in [1.82, 2.24) is 9.21 Å². The van der Waals surface area contributed by atoms with E-state index in [0.29, 0.717) is 13.1 Å². The highest BCUT2D eigenvalue weighted by Crippen LogP contribution is 2.26. The Morgan fingerprint density at radius 2 is 2.10 bits per heavy atom. The van der Waals surface area contributed by atoms with Gasteiger partial charge >= 0.3 is 0 Å². The first-order chi connectivity index (χ1) is 10.0. The van der Waals surface area contributed by atoms with Crippen LogP contribution in [0.4, 0.5) is 4.39 Å². The van der Waals surface area contributed by atoms with Crippen molar-refractivity contribution in [2.24, 2.45) is 0 Å². The molecule has 21 heavy (non-hydrogen) atoms. The second-order valence-electron chi connectivity index (χ2n) is 5.45. The van der Waals surface area contributed by atoms with Crippen LogP contribution in [0.2, 0.25) is 0 Å². The Balaban J connectivity index is 1.88. The van der Waals surface area contributed by atoms with Gasteiger partial charge in [-0.25, -0.2) is 12.8 Å². The summed E-state index contributed by atoms with van der Waals surface area (Å²) < 4.78 is 40.1. The normalized spacial score (nSPS) is 23.7. The molecular formula is C14H16FN3O2S. The Kier molecular flexibility index (Phi) is 3.69. The van der Waals surface area contributed by atoms with Gasteiger partial charge in [0.1, 0.15) is 11.9 Å². The van der Waals surface area contributed by atoms with Crippen molar-refractivity contribution in [2.45, 2.75) is 23.8 Å². The lowest BCUT2D eigenvalue weighted by Gasteiger charge is -2.36. The maximum Gasteiger partial charge on any atom is 0.243 e. The molecule has 0 unspecified atom stereocenters. The molecule has 112 valence electrons. The third-order valence-corrected chi connectivity index (χ3v) is 6.11. The van der Waals surface area contributed by atoms with Crippen LogP contribution < -0.4 is 0 Å². The van der Waals surface area contributed by atoms with E-state index in [1.165, 1.54) is 10.4 Å². The van der Waals surface area contributed by atoms with Crippen LogP contribution in [0.15, 0.2) is 23.1 Å². The molecular weight excluding hydrogens is 293 g/mol. The highest BCUT2D eigenvalue weighted by Gasteiger charge is 2.36. The maximum absolute atomic E-state index is 13.3. The third kappa shape index (κ3) is 2.55. The van der Waals surface area contributed by atoms with E-state index in [9.17, 15) is 12.8 Å². The molecule has 0 spiro atoms. The van der Waals surface area contributed by atoms with Gasteiger partial charge in [0.05, 0.1) is 10.5 Å². The first kappa shape index (κ1) is 14.4. The van der Waals surface area contributed by atoms with Crippen LogP contribution in [0.1, 0.15) is 18.4 Å². The number of nitrogens with zero attached hydrogens (tertiary/aromatic N) is 3. The van der Waals surface area contributed by atoms with E-state index in [2.05, 4.69) is 4.90 Å². The number of halogens is 1. The fourth-order valence-electron chi connectivity index (χ4n) is 3.08. The molecule has 1 aromatic rings. The quantitative estimate of drug-likeness (QED) is 0.822. The van der Waals surface area contributed by atoms with E-state index < -0.39 is 15.8 Å². The van der Waals surface area contributed by atoms with Gasteiger partial charge in [0.25, 0.3) is 0 Å². The molecule has 2 heterocycles. The highest BCUT2D eigenvalue weighted by atomic mass is 32.2. The zero-order valence-corrected chi connectivity index (χ0v) is 12.3. The van der Waals surface area contributed by atoms with Gasteiger partial charge in [-0.15, -0.1) is 0 Å². The molecule has 2 fully saturated rings. The largest absolute Gasteiger partial charge is 0.298 e. The van der Waals surface area contributed by atoms with Crippen molar-refractivity contribution in [3.8, 4) is 6.07 Å².